The summed E-state index contributed by atoms with van der Waals surface area (Å²) in [6, 6.07) is 0. The van der Waals surface area contributed by atoms with E-state index in [1.165, 1.54) is 0 Å². The zero-order valence-corrected chi connectivity index (χ0v) is 7.99. The second-order valence-corrected chi connectivity index (χ2v) is 2.77. The normalized spacial score (nSPS) is 11.4. The smallest absolute Gasteiger partial charge is 0.370 e. The van der Waals surface area contributed by atoms with Gasteiger partial charge in [-0.25, -0.2) is 0 Å². The van der Waals surface area contributed by atoms with E-state index in [1.54, 1.807) is 0 Å². The van der Waals surface area contributed by atoms with E-state index in [9.17, 15) is 18.0 Å². The number of hydrogen-bond donors (Lipinski definition) is 1. The van der Waals surface area contributed by atoms with Gasteiger partial charge in [0.25, 0.3) is 0 Å². The molecule has 0 saturated heterocycles. The molecule has 0 bridgehead atoms. The topological polar surface area (TPSA) is 38.3 Å². The minimum Gasteiger partial charge on any atom is -0.370 e. The third-order valence-electron chi connectivity index (χ3n) is 1.31. The van der Waals surface area contributed by atoms with E-state index >= 15 is 0 Å². The van der Waals surface area contributed by atoms with Crippen LogP contribution in [0.2, 0.25) is 0 Å². The number of halogens is 3. The van der Waals surface area contributed by atoms with E-state index in [4.69, 9.17) is 0 Å². The Morgan fingerprint density at radius 1 is 1.43 bits per heavy atom. The van der Waals surface area contributed by atoms with Gasteiger partial charge in [0.2, 0.25) is 5.91 Å². The fraction of sp³-hybridized carbons (Fsp3) is 0.875. The molecule has 0 heterocycles. The maximum atomic E-state index is 11.5. The fourth-order valence-corrected chi connectivity index (χ4v) is 0.766. The second-order valence-electron chi connectivity index (χ2n) is 2.77. The summed E-state index contributed by atoms with van der Waals surface area (Å²) in [5, 5.41) is 2.44. The van der Waals surface area contributed by atoms with Crippen molar-refractivity contribution in [2.24, 2.45) is 0 Å². The predicted molar refractivity (Wildman–Crippen MR) is 44.8 cm³/mol. The lowest BCUT2D eigenvalue weighted by Gasteiger charge is -2.08. The Balaban J connectivity index is 3.26. The molecule has 0 aliphatic carbocycles. The summed E-state index contributed by atoms with van der Waals surface area (Å²) in [7, 11) is 0. The summed E-state index contributed by atoms with van der Waals surface area (Å²) >= 11 is 0. The maximum absolute atomic E-state index is 11.5. The average Bonchev–Trinajstić information content (AvgIpc) is 2.02. The molecule has 3 nitrogen and oxygen atoms in total. The monoisotopic (exact) mass is 213 g/mol. The molecule has 0 atom stereocenters. The minimum absolute atomic E-state index is 0.116. The highest BCUT2D eigenvalue weighted by atomic mass is 19.4. The standard InChI is InChI=1S/C8H14F3NO2/c1-2-3-7(13)12-4-5-14-6-8(9,10)11/h2-6H2,1H3,(H,12,13). The first kappa shape index (κ1) is 13.2. The number of amides is 1. The van der Waals surface area contributed by atoms with E-state index in [0.29, 0.717) is 6.42 Å². The average molecular weight is 213 g/mol. The van der Waals surface area contributed by atoms with Crippen molar-refractivity contribution in [3.63, 3.8) is 0 Å². The number of carbonyl (C=O) groups is 1. The van der Waals surface area contributed by atoms with Gasteiger partial charge >= 0.3 is 6.18 Å². The Bertz CT molecular complexity index is 170. The van der Waals surface area contributed by atoms with Crippen molar-refractivity contribution in [2.45, 2.75) is 25.9 Å². The summed E-state index contributed by atoms with van der Waals surface area (Å²) in [5.74, 6) is -0.164. The highest BCUT2D eigenvalue weighted by Gasteiger charge is 2.27. The second kappa shape index (κ2) is 6.64. The molecule has 0 spiro atoms. The van der Waals surface area contributed by atoms with Crippen molar-refractivity contribution in [3.05, 3.63) is 0 Å². The molecule has 0 saturated carbocycles. The number of hydrogen-bond acceptors (Lipinski definition) is 2. The van der Waals surface area contributed by atoms with Gasteiger partial charge in [-0.1, -0.05) is 6.92 Å². The molecular formula is C8H14F3NO2. The zero-order chi connectivity index (χ0) is 11.0. The van der Waals surface area contributed by atoms with Gasteiger partial charge in [0.05, 0.1) is 6.61 Å². The number of ether oxygens (including phenoxy) is 1. The molecule has 0 aromatic heterocycles. The van der Waals surface area contributed by atoms with Gasteiger partial charge in [-0.3, -0.25) is 4.79 Å². The molecule has 14 heavy (non-hydrogen) atoms. The Morgan fingerprint density at radius 3 is 2.57 bits per heavy atom. The number of rotatable bonds is 6. The summed E-state index contributed by atoms with van der Waals surface area (Å²) in [5.41, 5.74) is 0. The van der Waals surface area contributed by atoms with Gasteiger partial charge in [0.15, 0.2) is 0 Å². The molecule has 0 aromatic carbocycles. The van der Waals surface area contributed by atoms with E-state index in [0.717, 1.165) is 6.42 Å². The lowest BCUT2D eigenvalue weighted by Crippen LogP contribution is -2.28. The van der Waals surface area contributed by atoms with Crippen LogP contribution < -0.4 is 5.32 Å². The van der Waals surface area contributed by atoms with Crippen LogP contribution >= 0.6 is 0 Å². The summed E-state index contributed by atoms with van der Waals surface area (Å²) in [6.45, 7) is 0.584. The molecule has 0 aromatic rings. The SMILES string of the molecule is CCCC(=O)NCCOCC(F)(F)F. The van der Waals surface area contributed by atoms with Gasteiger partial charge in [-0.2, -0.15) is 13.2 Å². The maximum Gasteiger partial charge on any atom is 0.411 e. The van der Waals surface area contributed by atoms with Crippen molar-refractivity contribution >= 4 is 5.91 Å². The van der Waals surface area contributed by atoms with Crippen LogP contribution in [0, 0.1) is 0 Å². The van der Waals surface area contributed by atoms with Crippen LogP contribution in [0.3, 0.4) is 0 Å². The van der Waals surface area contributed by atoms with Crippen LogP contribution in [0.1, 0.15) is 19.8 Å². The first-order valence-electron chi connectivity index (χ1n) is 4.37. The van der Waals surface area contributed by atoms with Crippen molar-refractivity contribution in [3.8, 4) is 0 Å². The molecule has 0 unspecified atom stereocenters. The highest BCUT2D eigenvalue weighted by molar-refractivity contribution is 5.75. The Kier molecular flexibility index (Phi) is 6.27. The molecule has 0 radical (unpaired) electrons. The Hall–Kier alpha value is -0.780. The summed E-state index contributed by atoms with van der Waals surface area (Å²) in [6.07, 6.45) is -3.19. The third-order valence-corrected chi connectivity index (χ3v) is 1.31. The van der Waals surface area contributed by atoms with E-state index in [1.807, 2.05) is 6.92 Å². The lowest BCUT2D eigenvalue weighted by molar-refractivity contribution is -0.173. The molecule has 0 rings (SSSR count). The van der Waals surface area contributed by atoms with Crippen LogP contribution in [0.25, 0.3) is 0 Å². The first-order valence-corrected chi connectivity index (χ1v) is 4.37. The molecular weight excluding hydrogens is 199 g/mol. The first-order chi connectivity index (χ1) is 6.45. The van der Waals surface area contributed by atoms with Crippen LogP contribution in [0.15, 0.2) is 0 Å². The molecule has 0 fully saturated rings. The number of nitrogens with one attached hydrogen (secondary N) is 1. The highest BCUT2D eigenvalue weighted by Crippen LogP contribution is 2.13. The summed E-state index contributed by atoms with van der Waals surface area (Å²) in [4.78, 5) is 10.8. The van der Waals surface area contributed by atoms with Crippen molar-refractivity contribution in [2.75, 3.05) is 19.8 Å². The molecule has 84 valence electrons. The molecule has 1 amide bonds. The van der Waals surface area contributed by atoms with Gasteiger partial charge < -0.3 is 10.1 Å². The minimum atomic E-state index is -4.30. The molecule has 6 heteroatoms. The molecule has 0 aliphatic heterocycles. The van der Waals surface area contributed by atoms with Crippen molar-refractivity contribution < 1.29 is 22.7 Å². The van der Waals surface area contributed by atoms with E-state index in [-0.39, 0.29) is 19.1 Å². The number of carbonyl (C=O) groups excluding carboxylic acids is 1. The fourth-order valence-electron chi connectivity index (χ4n) is 0.766. The van der Waals surface area contributed by atoms with E-state index < -0.39 is 12.8 Å². The van der Waals surface area contributed by atoms with Crippen LogP contribution in [-0.2, 0) is 9.53 Å². The van der Waals surface area contributed by atoms with Gasteiger partial charge in [0.1, 0.15) is 6.61 Å². The number of alkyl halides is 3. The van der Waals surface area contributed by atoms with Crippen LogP contribution in [-0.4, -0.2) is 31.8 Å². The van der Waals surface area contributed by atoms with Gasteiger partial charge in [-0.05, 0) is 6.42 Å². The summed E-state index contributed by atoms with van der Waals surface area (Å²) < 4.78 is 38.9. The van der Waals surface area contributed by atoms with Crippen molar-refractivity contribution in [1.29, 1.82) is 0 Å². The zero-order valence-electron chi connectivity index (χ0n) is 7.99. The predicted octanol–water partition coefficient (Wildman–Crippen LogP) is 1.48. The Morgan fingerprint density at radius 2 is 2.07 bits per heavy atom. The van der Waals surface area contributed by atoms with Gasteiger partial charge in [0, 0.05) is 13.0 Å². The van der Waals surface area contributed by atoms with Gasteiger partial charge in [-0.15, -0.1) is 0 Å². The van der Waals surface area contributed by atoms with Crippen LogP contribution in [0.4, 0.5) is 13.2 Å². The van der Waals surface area contributed by atoms with E-state index in [2.05, 4.69) is 10.1 Å². The molecule has 1 N–H and O–H groups in total. The Labute approximate surface area is 80.6 Å². The van der Waals surface area contributed by atoms with Crippen molar-refractivity contribution in [1.82, 2.24) is 5.32 Å². The van der Waals surface area contributed by atoms with Crippen LogP contribution in [0.5, 0.6) is 0 Å². The quantitative estimate of drug-likeness (QED) is 0.679. The largest absolute Gasteiger partial charge is 0.411 e. The molecule has 0 aliphatic rings. The lowest BCUT2D eigenvalue weighted by atomic mass is 10.3. The third kappa shape index (κ3) is 9.31.